The van der Waals surface area contributed by atoms with Gasteiger partial charge in [0.05, 0.1) is 11.1 Å². The van der Waals surface area contributed by atoms with E-state index in [4.69, 9.17) is 11.6 Å². The minimum atomic E-state index is -3.60. The molecule has 0 aliphatic heterocycles. The van der Waals surface area contributed by atoms with Crippen molar-refractivity contribution in [3.8, 4) is 0 Å². The first-order valence-corrected chi connectivity index (χ1v) is 6.90. The minimum Gasteiger partial charge on any atom is -0.199 e. The van der Waals surface area contributed by atoms with Gasteiger partial charge in [0.1, 0.15) is 0 Å². The Morgan fingerprint density at radius 1 is 1.29 bits per heavy atom. The summed E-state index contributed by atoms with van der Waals surface area (Å²) in [7, 11) is -3.60. The Kier molecular flexibility index (Phi) is 3.22. The summed E-state index contributed by atoms with van der Waals surface area (Å²) in [6.45, 7) is 1.94. The highest BCUT2D eigenvalue weighted by molar-refractivity contribution is 7.89. The second kappa shape index (κ2) is 4.50. The lowest BCUT2D eigenvalue weighted by molar-refractivity contribution is 0.580. The van der Waals surface area contributed by atoms with Crippen molar-refractivity contribution in [1.29, 1.82) is 0 Å². The lowest BCUT2D eigenvalue weighted by Gasteiger charge is -2.03. The first kappa shape index (κ1) is 12.1. The van der Waals surface area contributed by atoms with E-state index in [0.29, 0.717) is 5.02 Å². The number of benzene rings is 1. The number of aryl methyl sites for hydroxylation is 1. The number of rotatable bonds is 3. The summed E-state index contributed by atoms with van der Waals surface area (Å²) in [5.74, 6) is 0. The summed E-state index contributed by atoms with van der Waals surface area (Å²) in [5.41, 5.74) is 0.877. The van der Waals surface area contributed by atoms with Gasteiger partial charge in [0.25, 0.3) is 10.0 Å². The molecule has 1 heterocycles. The van der Waals surface area contributed by atoms with Gasteiger partial charge in [-0.3, -0.25) is 0 Å². The van der Waals surface area contributed by atoms with Crippen LogP contribution in [0, 0.1) is 0 Å². The van der Waals surface area contributed by atoms with Crippen LogP contribution in [0.4, 0.5) is 0 Å². The summed E-state index contributed by atoms with van der Waals surface area (Å²) >= 11 is 5.72. The molecule has 2 rings (SSSR count). The number of aromatic nitrogens is 2. The predicted octanol–water partition coefficient (Wildman–Crippen LogP) is 2.34. The minimum absolute atomic E-state index is 0.174. The van der Waals surface area contributed by atoms with Crippen molar-refractivity contribution < 1.29 is 8.42 Å². The Morgan fingerprint density at radius 2 is 1.94 bits per heavy atom. The van der Waals surface area contributed by atoms with Crippen molar-refractivity contribution >= 4 is 21.6 Å². The quantitative estimate of drug-likeness (QED) is 0.860. The molecule has 1 aromatic carbocycles. The Balaban J connectivity index is 2.46. The second-order valence-electron chi connectivity index (χ2n) is 3.53. The summed E-state index contributed by atoms with van der Waals surface area (Å²) in [5, 5.41) is 4.35. The first-order valence-electron chi connectivity index (χ1n) is 5.08. The molecule has 0 N–H and O–H groups in total. The Hall–Kier alpha value is -1.33. The van der Waals surface area contributed by atoms with E-state index in [1.54, 1.807) is 18.3 Å². The fourth-order valence-corrected chi connectivity index (χ4v) is 2.64. The lowest BCUT2D eigenvalue weighted by atomic mass is 10.3. The second-order valence-corrected chi connectivity index (χ2v) is 5.77. The molecule has 0 unspecified atom stereocenters. The van der Waals surface area contributed by atoms with Gasteiger partial charge in [-0.05, 0) is 36.2 Å². The third-order valence-electron chi connectivity index (χ3n) is 2.38. The molecule has 0 aliphatic carbocycles. The molecule has 0 aliphatic rings. The standard InChI is InChI=1S/C11H11ClN2O2S/c1-2-9-7-13-14(8-9)17(15,16)11-5-3-10(12)4-6-11/h3-8H,2H2,1H3. The molecule has 0 spiro atoms. The predicted molar refractivity (Wildman–Crippen MR) is 65.6 cm³/mol. The van der Waals surface area contributed by atoms with Crippen LogP contribution in [0.2, 0.25) is 5.02 Å². The van der Waals surface area contributed by atoms with Gasteiger partial charge in [0, 0.05) is 11.2 Å². The number of hydrogen-bond acceptors (Lipinski definition) is 3. The van der Waals surface area contributed by atoms with Crippen molar-refractivity contribution in [3.05, 3.63) is 47.2 Å². The fourth-order valence-electron chi connectivity index (χ4n) is 1.37. The Morgan fingerprint density at radius 3 is 2.47 bits per heavy atom. The molecule has 0 amide bonds. The van der Waals surface area contributed by atoms with Crippen molar-refractivity contribution in [1.82, 2.24) is 9.19 Å². The van der Waals surface area contributed by atoms with Crippen LogP contribution in [0.15, 0.2) is 41.6 Å². The smallest absolute Gasteiger partial charge is 0.199 e. The third-order valence-corrected chi connectivity index (χ3v) is 4.19. The molecular weight excluding hydrogens is 260 g/mol. The number of hydrogen-bond donors (Lipinski definition) is 0. The van der Waals surface area contributed by atoms with Crippen LogP contribution in [-0.4, -0.2) is 17.6 Å². The fraction of sp³-hybridized carbons (Fsp3) is 0.182. The average molecular weight is 271 g/mol. The maximum atomic E-state index is 12.1. The maximum absolute atomic E-state index is 12.1. The summed E-state index contributed by atoms with van der Waals surface area (Å²) in [6.07, 6.45) is 3.81. The van der Waals surface area contributed by atoms with E-state index in [1.165, 1.54) is 18.3 Å². The zero-order valence-corrected chi connectivity index (χ0v) is 10.7. The summed E-state index contributed by atoms with van der Waals surface area (Å²) in [4.78, 5) is 0.174. The van der Waals surface area contributed by atoms with E-state index in [2.05, 4.69) is 5.10 Å². The van der Waals surface area contributed by atoms with E-state index in [9.17, 15) is 8.42 Å². The normalized spacial score (nSPS) is 11.6. The zero-order valence-electron chi connectivity index (χ0n) is 9.17. The molecule has 0 saturated heterocycles. The molecule has 6 heteroatoms. The monoisotopic (exact) mass is 270 g/mol. The van der Waals surface area contributed by atoms with Gasteiger partial charge in [-0.25, -0.2) is 0 Å². The Bertz CT molecular complexity index is 617. The third kappa shape index (κ3) is 2.35. The van der Waals surface area contributed by atoms with Gasteiger partial charge in [-0.1, -0.05) is 18.5 Å². The first-order chi connectivity index (χ1) is 8.04. The van der Waals surface area contributed by atoms with E-state index in [0.717, 1.165) is 16.1 Å². The Labute approximate surface area is 105 Å². The van der Waals surface area contributed by atoms with Crippen molar-refractivity contribution in [2.45, 2.75) is 18.2 Å². The summed E-state index contributed by atoms with van der Waals surface area (Å²) in [6, 6.07) is 6.01. The molecule has 0 atom stereocenters. The van der Waals surface area contributed by atoms with E-state index >= 15 is 0 Å². The van der Waals surface area contributed by atoms with E-state index in [1.807, 2.05) is 6.92 Å². The topological polar surface area (TPSA) is 52.0 Å². The zero-order chi connectivity index (χ0) is 12.5. The van der Waals surface area contributed by atoms with Gasteiger partial charge in [0.15, 0.2) is 0 Å². The highest BCUT2D eigenvalue weighted by Gasteiger charge is 2.17. The van der Waals surface area contributed by atoms with Gasteiger partial charge in [-0.2, -0.15) is 17.6 Å². The number of nitrogens with zero attached hydrogens (tertiary/aromatic N) is 2. The number of halogens is 1. The average Bonchev–Trinajstić information content (AvgIpc) is 2.78. The van der Waals surface area contributed by atoms with Crippen molar-refractivity contribution in [2.75, 3.05) is 0 Å². The maximum Gasteiger partial charge on any atom is 0.282 e. The van der Waals surface area contributed by atoms with Gasteiger partial charge in [-0.15, -0.1) is 0 Å². The van der Waals surface area contributed by atoms with E-state index in [-0.39, 0.29) is 4.90 Å². The van der Waals surface area contributed by atoms with Crippen molar-refractivity contribution in [3.63, 3.8) is 0 Å². The molecule has 2 aromatic rings. The van der Waals surface area contributed by atoms with Crippen molar-refractivity contribution in [2.24, 2.45) is 0 Å². The van der Waals surface area contributed by atoms with Gasteiger partial charge >= 0.3 is 0 Å². The van der Waals surface area contributed by atoms with Gasteiger partial charge < -0.3 is 0 Å². The molecule has 0 radical (unpaired) electrons. The molecular formula is C11H11ClN2O2S. The van der Waals surface area contributed by atoms with Crippen LogP contribution >= 0.6 is 11.6 Å². The molecule has 90 valence electrons. The van der Waals surface area contributed by atoms with Gasteiger partial charge in [0.2, 0.25) is 0 Å². The van der Waals surface area contributed by atoms with Crippen LogP contribution in [-0.2, 0) is 16.4 Å². The van der Waals surface area contributed by atoms with Crippen LogP contribution in [0.25, 0.3) is 0 Å². The highest BCUT2D eigenvalue weighted by Crippen LogP contribution is 2.16. The molecule has 1 aromatic heterocycles. The molecule has 0 fully saturated rings. The SMILES string of the molecule is CCc1cnn(S(=O)(=O)c2ccc(Cl)cc2)c1. The van der Waals surface area contributed by atoms with E-state index < -0.39 is 10.0 Å². The van der Waals surface area contributed by atoms with Crippen LogP contribution in [0.1, 0.15) is 12.5 Å². The van der Waals surface area contributed by atoms with Crippen LogP contribution < -0.4 is 0 Å². The largest absolute Gasteiger partial charge is 0.282 e. The molecule has 0 saturated carbocycles. The molecule has 17 heavy (non-hydrogen) atoms. The molecule has 0 bridgehead atoms. The lowest BCUT2D eigenvalue weighted by Crippen LogP contribution is -2.13. The summed E-state index contributed by atoms with van der Waals surface area (Å²) < 4.78 is 25.2. The van der Waals surface area contributed by atoms with Crippen LogP contribution in [0.3, 0.4) is 0 Å². The highest BCUT2D eigenvalue weighted by atomic mass is 35.5. The van der Waals surface area contributed by atoms with Crippen LogP contribution in [0.5, 0.6) is 0 Å². The molecule has 4 nitrogen and oxygen atoms in total.